The Morgan fingerprint density at radius 1 is 0.600 bits per heavy atom. The first-order valence-electron chi connectivity index (χ1n) is 8.05. The van der Waals surface area contributed by atoms with E-state index in [1.807, 2.05) is 12.1 Å². The Kier molecular flexibility index (Phi) is 5.29. The Bertz CT molecular complexity index is 814. The highest BCUT2D eigenvalue weighted by Crippen LogP contribution is 2.30. The number of nitrogens with zero attached hydrogens (tertiary/aromatic N) is 2. The molecule has 0 N–H and O–H groups in total. The van der Waals surface area contributed by atoms with Crippen molar-refractivity contribution < 1.29 is 4.74 Å². The van der Waals surface area contributed by atoms with Crippen LogP contribution in [-0.2, 0) is 0 Å². The van der Waals surface area contributed by atoms with Gasteiger partial charge in [0.25, 0.3) is 0 Å². The topological polar surface area (TPSA) is 15.7 Å². The summed E-state index contributed by atoms with van der Waals surface area (Å²) in [7, 11) is 5.82. The quantitative estimate of drug-likeness (QED) is 0.526. The molecule has 0 aliphatic heterocycles. The molecule has 25 heavy (non-hydrogen) atoms. The summed E-state index contributed by atoms with van der Waals surface area (Å²) in [5.74, 6) is 0.864. The van der Waals surface area contributed by atoms with E-state index in [1.165, 1.54) is 0 Å². The fourth-order valence-electron chi connectivity index (χ4n) is 2.67. The van der Waals surface area contributed by atoms with Gasteiger partial charge in [0.2, 0.25) is 0 Å². The van der Waals surface area contributed by atoms with Gasteiger partial charge in [-0.05, 0) is 72.8 Å². The number of hydrogen-bond acceptors (Lipinski definition) is 3. The first-order valence-corrected chi connectivity index (χ1v) is 8.85. The third kappa shape index (κ3) is 3.97. The number of ether oxygens (including phenoxy) is 1. The van der Waals surface area contributed by atoms with Crippen LogP contribution in [0.25, 0.3) is 0 Å². The molecule has 128 valence electrons. The van der Waals surface area contributed by atoms with Gasteiger partial charge in [0.15, 0.2) is 0 Å². The van der Waals surface area contributed by atoms with Crippen molar-refractivity contribution in [2.24, 2.45) is 0 Å². The van der Waals surface area contributed by atoms with Gasteiger partial charge in [0.1, 0.15) is 5.75 Å². The largest absolute Gasteiger partial charge is 0.497 e. The van der Waals surface area contributed by atoms with E-state index >= 15 is 0 Å². The molecule has 0 amide bonds. The molecule has 3 nitrogen and oxygen atoms in total. The molecule has 0 atom stereocenters. The highest BCUT2D eigenvalue weighted by atomic mass is 79.9. The molecule has 0 bridgehead atoms. The summed E-state index contributed by atoms with van der Waals surface area (Å²) >= 11 is 3.48. The van der Waals surface area contributed by atoms with Crippen LogP contribution in [0.4, 0.5) is 22.7 Å². The van der Waals surface area contributed by atoms with Crippen LogP contribution >= 0.6 is 15.9 Å². The molecule has 3 aromatic rings. The van der Waals surface area contributed by atoms with Gasteiger partial charge >= 0.3 is 0 Å². The second-order valence-corrected chi connectivity index (χ2v) is 6.72. The minimum Gasteiger partial charge on any atom is -0.497 e. The minimum atomic E-state index is 0.864. The van der Waals surface area contributed by atoms with Crippen LogP contribution in [0.5, 0.6) is 5.75 Å². The highest BCUT2D eigenvalue weighted by molar-refractivity contribution is 9.10. The maximum Gasteiger partial charge on any atom is 0.119 e. The molecule has 0 saturated heterocycles. The number of anilines is 4. The van der Waals surface area contributed by atoms with E-state index in [2.05, 4.69) is 100 Å². The van der Waals surface area contributed by atoms with Gasteiger partial charge in [-0.25, -0.2) is 0 Å². The molecule has 3 aromatic carbocycles. The predicted molar refractivity (Wildman–Crippen MR) is 110 cm³/mol. The Hall–Kier alpha value is -2.46. The second-order valence-electron chi connectivity index (χ2n) is 5.81. The number of rotatable bonds is 5. The van der Waals surface area contributed by atoms with E-state index in [1.54, 1.807) is 7.11 Å². The minimum absolute atomic E-state index is 0.864. The van der Waals surface area contributed by atoms with Crippen molar-refractivity contribution in [3.63, 3.8) is 0 Å². The van der Waals surface area contributed by atoms with Crippen LogP contribution in [0.1, 0.15) is 0 Å². The molecule has 0 radical (unpaired) electrons. The number of benzene rings is 3. The van der Waals surface area contributed by atoms with Gasteiger partial charge in [-0.2, -0.15) is 0 Å². The Morgan fingerprint density at radius 3 is 1.28 bits per heavy atom. The van der Waals surface area contributed by atoms with Gasteiger partial charge in [-0.15, -0.1) is 0 Å². The molecular formula is C21H21BrN2O. The molecule has 0 aliphatic rings. The molecule has 3 rings (SSSR count). The zero-order chi connectivity index (χ0) is 17.8. The molecule has 4 heteroatoms. The average Bonchev–Trinajstić information content (AvgIpc) is 2.67. The van der Waals surface area contributed by atoms with Gasteiger partial charge in [-0.1, -0.05) is 15.9 Å². The van der Waals surface area contributed by atoms with E-state index in [0.29, 0.717) is 0 Å². The lowest BCUT2D eigenvalue weighted by atomic mass is 10.2. The maximum atomic E-state index is 5.22. The third-order valence-electron chi connectivity index (χ3n) is 4.30. The van der Waals surface area contributed by atoms with Crippen LogP contribution in [-0.4, -0.2) is 21.2 Å². The van der Waals surface area contributed by atoms with E-state index in [-0.39, 0.29) is 0 Å². The lowest BCUT2D eigenvalue weighted by molar-refractivity contribution is 0.415. The average molecular weight is 397 g/mol. The third-order valence-corrected chi connectivity index (χ3v) is 4.83. The van der Waals surface area contributed by atoms with Crippen molar-refractivity contribution in [2.45, 2.75) is 0 Å². The summed E-state index contributed by atoms with van der Waals surface area (Å²) in [4.78, 5) is 4.33. The van der Waals surface area contributed by atoms with Gasteiger partial charge in [0, 0.05) is 41.3 Å². The number of halogens is 1. The number of methoxy groups -OCH3 is 1. The first-order chi connectivity index (χ1) is 12.1. The zero-order valence-electron chi connectivity index (χ0n) is 14.6. The maximum absolute atomic E-state index is 5.22. The monoisotopic (exact) mass is 396 g/mol. The molecule has 0 aromatic heterocycles. The standard InChI is InChI=1S/C21H21BrN2O/c1-23(17-6-4-16(22)5-7-17)18-8-10-19(11-9-18)24(2)20-12-14-21(25-3)15-13-20/h4-15H,1-3H3. The summed E-state index contributed by atoms with van der Waals surface area (Å²) < 4.78 is 6.30. The first kappa shape index (κ1) is 17.4. The summed E-state index contributed by atoms with van der Waals surface area (Å²) in [6, 6.07) is 24.9. The Balaban J connectivity index is 1.77. The molecular weight excluding hydrogens is 376 g/mol. The molecule has 0 saturated carbocycles. The molecule has 0 unspecified atom stereocenters. The fraction of sp³-hybridized carbons (Fsp3) is 0.143. The van der Waals surface area contributed by atoms with Crippen molar-refractivity contribution in [1.29, 1.82) is 0 Å². The lowest BCUT2D eigenvalue weighted by Crippen LogP contribution is -2.11. The summed E-state index contributed by atoms with van der Waals surface area (Å²) in [6.45, 7) is 0. The SMILES string of the molecule is COc1ccc(N(C)c2ccc(N(C)c3ccc(Br)cc3)cc2)cc1. The van der Waals surface area contributed by atoms with E-state index in [0.717, 1.165) is 33.0 Å². The van der Waals surface area contributed by atoms with Crippen molar-refractivity contribution in [3.8, 4) is 5.75 Å². The Labute approximate surface area is 157 Å². The van der Waals surface area contributed by atoms with Crippen molar-refractivity contribution in [2.75, 3.05) is 31.0 Å². The van der Waals surface area contributed by atoms with Crippen LogP contribution in [0.3, 0.4) is 0 Å². The van der Waals surface area contributed by atoms with E-state index < -0.39 is 0 Å². The van der Waals surface area contributed by atoms with Crippen LogP contribution in [0.15, 0.2) is 77.3 Å². The van der Waals surface area contributed by atoms with Crippen LogP contribution in [0.2, 0.25) is 0 Å². The zero-order valence-corrected chi connectivity index (χ0v) is 16.2. The summed E-state index contributed by atoms with van der Waals surface area (Å²) in [5, 5.41) is 0. The Morgan fingerprint density at radius 2 is 0.920 bits per heavy atom. The van der Waals surface area contributed by atoms with Crippen molar-refractivity contribution in [3.05, 3.63) is 77.3 Å². The predicted octanol–water partition coefficient (Wildman–Crippen LogP) is 5.99. The number of hydrogen-bond donors (Lipinski definition) is 0. The fourth-order valence-corrected chi connectivity index (χ4v) is 2.93. The molecule has 0 spiro atoms. The van der Waals surface area contributed by atoms with Gasteiger partial charge in [0.05, 0.1) is 7.11 Å². The van der Waals surface area contributed by atoms with Crippen LogP contribution in [0, 0.1) is 0 Å². The molecule has 0 aliphatic carbocycles. The lowest BCUT2D eigenvalue weighted by Gasteiger charge is -2.23. The smallest absolute Gasteiger partial charge is 0.119 e. The normalized spacial score (nSPS) is 10.4. The van der Waals surface area contributed by atoms with Crippen LogP contribution < -0.4 is 14.5 Å². The molecule has 0 heterocycles. The van der Waals surface area contributed by atoms with Gasteiger partial charge in [-0.3, -0.25) is 0 Å². The van der Waals surface area contributed by atoms with Crippen molar-refractivity contribution >= 4 is 38.7 Å². The van der Waals surface area contributed by atoms with E-state index in [9.17, 15) is 0 Å². The van der Waals surface area contributed by atoms with E-state index in [4.69, 9.17) is 4.74 Å². The molecule has 0 fully saturated rings. The summed E-state index contributed by atoms with van der Waals surface area (Å²) in [5.41, 5.74) is 4.56. The summed E-state index contributed by atoms with van der Waals surface area (Å²) in [6.07, 6.45) is 0. The van der Waals surface area contributed by atoms with Gasteiger partial charge < -0.3 is 14.5 Å². The highest BCUT2D eigenvalue weighted by Gasteiger charge is 2.07. The second kappa shape index (κ2) is 7.62. The van der Waals surface area contributed by atoms with Crippen molar-refractivity contribution in [1.82, 2.24) is 0 Å².